The summed E-state index contributed by atoms with van der Waals surface area (Å²) < 4.78 is 0. The highest BCUT2D eigenvalue weighted by atomic mass is 16.4. The van der Waals surface area contributed by atoms with Gasteiger partial charge in [-0.2, -0.15) is 0 Å². The lowest BCUT2D eigenvalue weighted by Crippen LogP contribution is -2.08. The largest absolute Gasteiger partial charge is 0.481 e. The molecule has 0 saturated heterocycles. The summed E-state index contributed by atoms with van der Waals surface area (Å²) in [5, 5.41) is 8.37. The van der Waals surface area contributed by atoms with E-state index in [2.05, 4.69) is 25.9 Å². The van der Waals surface area contributed by atoms with Crippen LogP contribution in [0, 0.1) is 0 Å². The first-order valence-electron chi connectivity index (χ1n) is 4.96. The van der Waals surface area contributed by atoms with Gasteiger partial charge in [0.05, 0.1) is 6.42 Å². The predicted octanol–water partition coefficient (Wildman–Crippen LogP) is 1.88. The highest BCUT2D eigenvalue weighted by Gasteiger charge is 1.96. The fraction of sp³-hybridized carbons (Fsp3) is 0.417. The number of carbonyl (C=O) groups is 1. The molecular weight excluding hydrogens is 190 g/mol. The predicted molar refractivity (Wildman–Crippen MR) is 62.0 cm³/mol. The SMILES string of the molecule is CCN(C)C.O=C(O)Cc1ccccc1. The molecule has 1 N–H and O–H groups in total. The van der Waals surface area contributed by atoms with Crippen molar-refractivity contribution in [2.45, 2.75) is 13.3 Å². The van der Waals surface area contributed by atoms with Crippen molar-refractivity contribution in [1.82, 2.24) is 4.90 Å². The molecule has 15 heavy (non-hydrogen) atoms. The van der Waals surface area contributed by atoms with Crippen LogP contribution in [0.3, 0.4) is 0 Å². The molecule has 1 aromatic rings. The lowest BCUT2D eigenvalue weighted by molar-refractivity contribution is -0.136. The van der Waals surface area contributed by atoms with E-state index in [4.69, 9.17) is 5.11 Å². The lowest BCUT2D eigenvalue weighted by Gasteiger charge is -2.00. The van der Waals surface area contributed by atoms with E-state index >= 15 is 0 Å². The van der Waals surface area contributed by atoms with Gasteiger partial charge in [0.25, 0.3) is 0 Å². The molecule has 0 heterocycles. The van der Waals surface area contributed by atoms with Crippen LogP contribution in [0.2, 0.25) is 0 Å². The number of carboxylic acids is 1. The Morgan fingerprint density at radius 3 is 2.07 bits per heavy atom. The second-order valence-corrected chi connectivity index (χ2v) is 3.45. The van der Waals surface area contributed by atoms with Gasteiger partial charge in [-0.15, -0.1) is 0 Å². The molecule has 0 atom stereocenters. The molecule has 0 aliphatic rings. The Balaban J connectivity index is 0.000000336. The molecule has 0 aliphatic heterocycles. The minimum atomic E-state index is -0.786. The Labute approximate surface area is 91.3 Å². The summed E-state index contributed by atoms with van der Waals surface area (Å²) in [7, 11) is 4.11. The van der Waals surface area contributed by atoms with Crippen LogP contribution >= 0.6 is 0 Å². The van der Waals surface area contributed by atoms with Gasteiger partial charge in [-0.1, -0.05) is 37.3 Å². The molecule has 0 fully saturated rings. The first kappa shape index (κ1) is 13.7. The van der Waals surface area contributed by atoms with E-state index in [9.17, 15) is 4.79 Å². The molecule has 0 bridgehead atoms. The molecule has 0 amide bonds. The lowest BCUT2D eigenvalue weighted by atomic mass is 10.2. The van der Waals surface area contributed by atoms with Crippen LogP contribution in [0.15, 0.2) is 30.3 Å². The van der Waals surface area contributed by atoms with Gasteiger partial charge in [-0.3, -0.25) is 4.79 Å². The Bertz CT molecular complexity index is 270. The van der Waals surface area contributed by atoms with Crippen molar-refractivity contribution in [1.29, 1.82) is 0 Å². The second-order valence-electron chi connectivity index (χ2n) is 3.45. The molecule has 3 heteroatoms. The summed E-state index contributed by atoms with van der Waals surface area (Å²) in [6, 6.07) is 9.13. The average Bonchev–Trinajstić information content (AvgIpc) is 2.19. The Kier molecular flexibility index (Phi) is 7.28. The maximum Gasteiger partial charge on any atom is 0.307 e. The van der Waals surface area contributed by atoms with Gasteiger partial charge in [0.1, 0.15) is 0 Å². The van der Waals surface area contributed by atoms with Crippen LogP contribution in [-0.2, 0) is 11.2 Å². The summed E-state index contributed by atoms with van der Waals surface area (Å²) in [6.45, 7) is 3.26. The smallest absolute Gasteiger partial charge is 0.307 e. The minimum Gasteiger partial charge on any atom is -0.481 e. The monoisotopic (exact) mass is 209 g/mol. The quantitative estimate of drug-likeness (QED) is 0.826. The van der Waals surface area contributed by atoms with Crippen molar-refractivity contribution < 1.29 is 9.90 Å². The third-order valence-corrected chi connectivity index (χ3v) is 1.83. The van der Waals surface area contributed by atoms with Gasteiger partial charge in [0.15, 0.2) is 0 Å². The molecule has 0 aliphatic carbocycles. The summed E-state index contributed by atoms with van der Waals surface area (Å²) in [5.74, 6) is -0.786. The molecule has 3 nitrogen and oxygen atoms in total. The van der Waals surface area contributed by atoms with Crippen LogP contribution in [0.5, 0.6) is 0 Å². The first-order chi connectivity index (χ1) is 7.06. The van der Waals surface area contributed by atoms with E-state index in [1.54, 1.807) is 12.1 Å². The number of benzene rings is 1. The summed E-state index contributed by atoms with van der Waals surface area (Å²) in [5.41, 5.74) is 0.843. The third kappa shape index (κ3) is 8.97. The Morgan fingerprint density at radius 1 is 1.27 bits per heavy atom. The first-order valence-corrected chi connectivity index (χ1v) is 4.96. The summed E-state index contributed by atoms with van der Waals surface area (Å²) in [6.07, 6.45) is 0.112. The van der Waals surface area contributed by atoms with Crippen LogP contribution < -0.4 is 0 Å². The van der Waals surface area contributed by atoms with Crippen LogP contribution in [0.1, 0.15) is 12.5 Å². The number of nitrogens with zero attached hydrogens (tertiary/aromatic N) is 1. The van der Waals surface area contributed by atoms with Gasteiger partial charge in [0, 0.05) is 0 Å². The average molecular weight is 209 g/mol. The third-order valence-electron chi connectivity index (χ3n) is 1.83. The number of aliphatic carboxylic acids is 1. The maximum absolute atomic E-state index is 10.2. The van der Waals surface area contributed by atoms with Crippen molar-refractivity contribution in [3.63, 3.8) is 0 Å². The normalized spacial score (nSPS) is 9.33. The van der Waals surface area contributed by atoms with Crippen molar-refractivity contribution in [3.8, 4) is 0 Å². The van der Waals surface area contributed by atoms with Crippen molar-refractivity contribution in [2.75, 3.05) is 20.6 Å². The standard InChI is InChI=1S/C8H8O2.C4H11N/c9-8(10)6-7-4-2-1-3-5-7;1-4-5(2)3/h1-5H,6H2,(H,9,10);4H2,1-3H3. The van der Waals surface area contributed by atoms with Crippen molar-refractivity contribution in [3.05, 3.63) is 35.9 Å². The van der Waals surface area contributed by atoms with Crippen molar-refractivity contribution in [2.24, 2.45) is 0 Å². The maximum atomic E-state index is 10.2. The molecular formula is C12H19NO2. The molecule has 0 unspecified atom stereocenters. The van der Waals surface area contributed by atoms with Crippen LogP contribution in [-0.4, -0.2) is 36.6 Å². The zero-order chi connectivity index (χ0) is 11.7. The van der Waals surface area contributed by atoms with E-state index in [1.165, 1.54) is 0 Å². The van der Waals surface area contributed by atoms with Crippen LogP contribution in [0.25, 0.3) is 0 Å². The zero-order valence-corrected chi connectivity index (χ0v) is 9.60. The minimum absolute atomic E-state index is 0.112. The summed E-state index contributed by atoms with van der Waals surface area (Å²) in [4.78, 5) is 12.3. The van der Waals surface area contributed by atoms with E-state index in [0.717, 1.165) is 12.1 Å². The van der Waals surface area contributed by atoms with Crippen LogP contribution in [0.4, 0.5) is 0 Å². The molecule has 0 radical (unpaired) electrons. The van der Waals surface area contributed by atoms with Crippen molar-refractivity contribution >= 4 is 5.97 Å². The highest BCUT2D eigenvalue weighted by molar-refractivity contribution is 5.70. The van der Waals surface area contributed by atoms with E-state index in [0.29, 0.717) is 0 Å². The molecule has 0 saturated carbocycles. The molecule has 1 rings (SSSR count). The highest BCUT2D eigenvalue weighted by Crippen LogP contribution is 1.98. The zero-order valence-electron chi connectivity index (χ0n) is 9.60. The molecule has 0 spiro atoms. The number of hydrogen-bond acceptors (Lipinski definition) is 2. The van der Waals surface area contributed by atoms with Gasteiger partial charge < -0.3 is 10.0 Å². The van der Waals surface area contributed by atoms with E-state index < -0.39 is 5.97 Å². The van der Waals surface area contributed by atoms with Gasteiger partial charge in [-0.05, 0) is 26.2 Å². The number of carboxylic acid groups (broad SMARTS) is 1. The second kappa shape index (κ2) is 8.00. The van der Waals surface area contributed by atoms with Gasteiger partial charge in [-0.25, -0.2) is 0 Å². The fourth-order valence-electron chi connectivity index (χ4n) is 0.770. The molecule has 84 valence electrons. The number of rotatable bonds is 3. The molecule has 1 aromatic carbocycles. The van der Waals surface area contributed by atoms with Gasteiger partial charge in [0.2, 0.25) is 0 Å². The fourth-order valence-corrected chi connectivity index (χ4v) is 0.770. The Morgan fingerprint density at radius 2 is 1.73 bits per heavy atom. The number of hydrogen-bond donors (Lipinski definition) is 1. The van der Waals surface area contributed by atoms with Gasteiger partial charge >= 0.3 is 5.97 Å². The van der Waals surface area contributed by atoms with E-state index in [-0.39, 0.29) is 6.42 Å². The topological polar surface area (TPSA) is 40.5 Å². The summed E-state index contributed by atoms with van der Waals surface area (Å²) >= 11 is 0. The molecule has 0 aromatic heterocycles. The Hall–Kier alpha value is -1.35. The van der Waals surface area contributed by atoms with E-state index in [1.807, 2.05) is 18.2 Å².